The number of nitrogens with zero attached hydrogens (tertiary/aromatic N) is 3. The van der Waals surface area contributed by atoms with Crippen molar-refractivity contribution in [1.29, 1.82) is 0 Å². The van der Waals surface area contributed by atoms with Crippen molar-refractivity contribution in [3.63, 3.8) is 0 Å². The molecule has 0 aliphatic heterocycles. The second kappa shape index (κ2) is 9.74. The number of thiazole rings is 1. The molecular weight excluding hydrogens is 424 g/mol. The molecule has 2 aromatic carbocycles. The molecular formula is C24H24N4O3S. The van der Waals surface area contributed by atoms with Gasteiger partial charge in [0.05, 0.1) is 33.9 Å². The van der Waals surface area contributed by atoms with E-state index in [0.29, 0.717) is 31.7 Å². The highest BCUT2D eigenvalue weighted by atomic mass is 32.1. The summed E-state index contributed by atoms with van der Waals surface area (Å²) in [4.78, 5) is 33.6. The first-order valence-corrected chi connectivity index (χ1v) is 11.3. The summed E-state index contributed by atoms with van der Waals surface area (Å²) in [5.74, 6) is 0.688. The van der Waals surface area contributed by atoms with Crippen LogP contribution in [0.15, 0.2) is 59.7 Å². The Morgan fingerprint density at radius 3 is 2.72 bits per heavy atom. The molecule has 32 heavy (non-hydrogen) atoms. The monoisotopic (exact) mass is 448 g/mol. The summed E-state index contributed by atoms with van der Waals surface area (Å²) in [5.41, 5.74) is 2.93. The number of ether oxygens (including phenoxy) is 1. The van der Waals surface area contributed by atoms with Crippen molar-refractivity contribution >= 4 is 33.1 Å². The second-order valence-corrected chi connectivity index (χ2v) is 8.57. The van der Waals surface area contributed by atoms with Crippen LogP contribution in [0.25, 0.3) is 21.5 Å². The molecule has 1 amide bonds. The van der Waals surface area contributed by atoms with Gasteiger partial charge in [-0.3, -0.25) is 14.2 Å². The predicted octanol–water partition coefficient (Wildman–Crippen LogP) is 4.65. The number of carbonyl (C=O) groups is 1. The van der Waals surface area contributed by atoms with Crippen molar-refractivity contribution in [1.82, 2.24) is 14.5 Å². The quantitative estimate of drug-likeness (QED) is 0.424. The minimum atomic E-state index is -0.145. The van der Waals surface area contributed by atoms with Gasteiger partial charge >= 0.3 is 0 Å². The molecule has 0 radical (unpaired) electrons. The third-order valence-electron chi connectivity index (χ3n) is 4.92. The van der Waals surface area contributed by atoms with Crippen LogP contribution >= 0.6 is 11.3 Å². The summed E-state index contributed by atoms with van der Waals surface area (Å²) >= 11 is 1.63. The van der Waals surface area contributed by atoms with Gasteiger partial charge in [-0.05, 0) is 62.7 Å². The van der Waals surface area contributed by atoms with E-state index in [4.69, 9.17) is 4.74 Å². The van der Waals surface area contributed by atoms with E-state index in [1.165, 1.54) is 17.0 Å². The van der Waals surface area contributed by atoms with Crippen LogP contribution in [0, 0.1) is 6.92 Å². The van der Waals surface area contributed by atoms with E-state index in [9.17, 15) is 9.59 Å². The van der Waals surface area contributed by atoms with Gasteiger partial charge in [-0.25, -0.2) is 9.97 Å². The number of nitrogens with one attached hydrogen (secondary N) is 1. The SMILES string of the molecule is CCOc1ccc(-c2cc(=O)n(CCCC(=O)Nc3ccc4sc(C)nc4c3)cn2)cc1. The van der Waals surface area contributed by atoms with Crippen molar-refractivity contribution in [2.24, 2.45) is 0 Å². The normalized spacial score (nSPS) is 10.9. The summed E-state index contributed by atoms with van der Waals surface area (Å²) in [7, 11) is 0. The van der Waals surface area contributed by atoms with Crippen molar-refractivity contribution in [3.05, 3.63) is 70.2 Å². The van der Waals surface area contributed by atoms with Gasteiger partial charge in [-0.15, -0.1) is 11.3 Å². The second-order valence-electron chi connectivity index (χ2n) is 7.33. The maximum Gasteiger partial charge on any atom is 0.253 e. The van der Waals surface area contributed by atoms with Gasteiger partial charge in [0, 0.05) is 30.3 Å². The molecule has 8 heteroatoms. The molecule has 1 N–H and O–H groups in total. The van der Waals surface area contributed by atoms with Crippen molar-refractivity contribution < 1.29 is 9.53 Å². The highest BCUT2D eigenvalue weighted by Gasteiger charge is 2.08. The molecule has 0 spiro atoms. The molecule has 0 saturated heterocycles. The molecule has 4 rings (SSSR count). The van der Waals surface area contributed by atoms with Crippen molar-refractivity contribution in [2.75, 3.05) is 11.9 Å². The first kappa shape index (κ1) is 21.7. The Balaban J connectivity index is 1.32. The van der Waals surface area contributed by atoms with Crippen molar-refractivity contribution in [2.45, 2.75) is 33.2 Å². The Hall–Kier alpha value is -3.52. The largest absolute Gasteiger partial charge is 0.494 e. The predicted molar refractivity (Wildman–Crippen MR) is 127 cm³/mol. The maximum atomic E-state index is 12.5. The number of hydrogen-bond acceptors (Lipinski definition) is 6. The van der Waals surface area contributed by atoms with E-state index in [1.807, 2.05) is 56.3 Å². The van der Waals surface area contributed by atoms with Crippen LogP contribution in [-0.2, 0) is 11.3 Å². The molecule has 2 heterocycles. The number of fused-ring (bicyclic) bond motifs is 1. The van der Waals surface area contributed by atoms with Gasteiger partial charge in [0.2, 0.25) is 5.91 Å². The Kier molecular flexibility index (Phi) is 6.61. The van der Waals surface area contributed by atoms with Crippen LogP contribution in [-0.4, -0.2) is 27.0 Å². The van der Waals surface area contributed by atoms with Crippen LogP contribution in [0.4, 0.5) is 5.69 Å². The first-order chi connectivity index (χ1) is 15.5. The van der Waals surface area contributed by atoms with Gasteiger partial charge in [0.25, 0.3) is 5.56 Å². The van der Waals surface area contributed by atoms with E-state index < -0.39 is 0 Å². The topological polar surface area (TPSA) is 86.1 Å². The van der Waals surface area contributed by atoms with Crippen LogP contribution in [0.3, 0.4) is 0 Å². The Labute approximate surface area is 189 Å². The van der Waals surface area contributed by atoms with Gasteiger partial charge in [-0.1, -0.05) is 0 Å². The van der Waals surface area contributed by atoms with Crippen LogP contribution < -0.4 is 15.6 Å². The van der Waals surface area contributed by atoms with E-state index in [-0.39, 0.29) is 11.5 Å². The summed E-state index contributed by atoms with van der Waals surface area (Å²) in [6, 6.07) is 14.7. The highest BCUT2D eigenvalue weighted by Crippen LogP contribution is 2.24. The molecule has 0 unspecified atom stereocenters. The van der Waals surface area contributed by atoms with Crippen molar-refractivity contribution in [3.8, 4) is 17.0 Å². The van der Waals surface area contributed by atoms with Gasteiger partial charge < -0.3 is 10.1 Å². The van der Waals surface area contributed by atoms with E-state index in [2.05, 4.69) is 15.3 Å². The van der Waals surface area contributed by atoms with Crippen LogP contribution in [0.1, 0.15) is 24.8 Å². The number of amides is 1. The summed E-state index contributed by atoms with van der Waals surface area (Å²) in [5, 5.41) is 3.90. The van der Waals surface area contributed by atoms with Gasteiger partial charge in [0.15, 0.2) is 0 Å². The lowest BCUT2D eigenvalue weighted by molar-refractivity contribution is -0.116. The lowest BCUT2D eigenvalue weighted by Crippen LogP contribution is -2.21. The lowest BCUT2D eigenvalue weighted by Gasteiger charge is -2.08. The maximum absolute atomic E-state index is 12.5. The van der Waals surface area contributed by atoms with Crippen LogP contribution in [0.5, 0.6) is 5.75 Å². The fourth-order valence-electron chi connectivity index (χ4n) is 3.39. The molecule has 7 nitrogen and oxygen atoms in total. The number of aromatic nitrogens is 3. The summed E-state index contributed by atoms with van der Waals surface area (Å²) in [6.45, 7) is 4.92. The Morgan fingerprint density at radius 1 is 1.16 bits per heavy atom. The minimum Gasteiger partial charge on any atom is -0.494 e. The first-order valence-electron chi connectivity index (χ1n) is 10.5. The molecule has 0 atom stereocenters. The third-order valence-corrected chi connectivity index (χ3v) is 5.87. The summed E-state index contributed by atoms with van der Waals surface area (Å²) < 4.78 is 8.06. The molecule has 0 aliphatic carbocycles. The number of carbonyl (C=O) groups excluding carboxylic acids is 1. The zero-order valence-electron chi connectivity index (χ0n) is 18.0. The minimum absolute atomic E-state index is 0.0942. The van der Waals surface area contributed by atoms with E-state index in [0.717, 1.165) is 32.2 Å². The van der Waals surface area contributed by atoms with Gasteiger partial charge in [0.1, 0.15) is 5.75 Å². The zero-order valence-corrected chi connectivity index (χ0v) is 18.8. The molecule has 164 valence electrons. The number of aryl methyl sites for hydroxylation is 2. The summed E-state index contributed by atoms with van der Waals surface area (Å²) in [6.07, 6.45) is 2.37. The number of anilines is 1. The average molecular weight is 449 g/mol. The van der Waals surface area contributed by atoms with Gasteiger partial charge in [-0.2, -0.15) is 0 Å². The Morgan fingerprint density at radius 2 is 1.97 bits per heavy atom. The fourth-order valence-corrected chi connectivity index (χ4v) is 4.20. The molecule has 0 saturated carbocycles. The number of rotatable bonds is 8. The molecule has 2 aromatic heterocycles. The molecule has 0 aliphatic rings. The number of hydrogen-bond donors (Lipinski definition) is 1. The molecule has 4 aromatic rings. The smallest absolute Gasteiger partial charge is 0.253 e. The van der Waals surface area contributed by atoms with Crippen LogP contribution in [0.2, 0.25) is 0 Å². The Bertz CT molecular complexity index is 1290. The lowest BCUT2D eigenvalue weighted by atomic mass is 10.1. The zero-order chi connectivity index (χ0) is 22.5. The van der Waals surface area contributed by atoms with E-state index in [1.54, 1.807) is 11.3 Å². The fraction of sp³-hybridized carbons (Fsp3) is 0.250. The van der Waals surface area contributed by atoms with E-state index >= 15 is 0 Å². The third kappa shape index (κ3) is 5.20. The highest BCUT2D eigenvalue weighted by molar-refractivity contribution is 7.18. The standard InChI is InChI=1S/C24H24N4O3S/c1-3-31-19-9-6-17(7-10-19)20-14-24(30)28(15-25-20)12-4-5-23(29)27-18-8-11-22-21(13-18)26-16(2)32-22/h6-11,13-15H,3-5,12H2,1-2H3,(H,27,29). The molecule has 0 fully saturated rings. The average Bonchev–Trinajstić information content (AvgIpc) is 3.15. The molecule has 0 bridgehead atoms. The number of benzene rings is 2.